The first-order valence-electron chi connectivity index (χ1n) is 10.2. The molecule has 4 rings (SSSR count). The second kappa shape index (κ2) is 9.58. The SMILES string of the molecule is Cl.O=C(Cc1ccccc1)Nc1cc(NC(=O)[C@@]23CCCC[C@H]2CNC3)ccc1F. The first kappa shape index (κ1) is 22.2. The second-order valence-electron chi connectivity index (χ2n) is 8.09. The first-order chi connectivity index (χ1) is 14.1. The van der Waals surface area contributed by atoms with Crippen LogP contribution in [0.3, 0.4) is 0 Å². The Balaban J connectivity index is 0.00000256. The number of hydrogen-bond acceptors (Lipinski definition) is 3. The van der Waals surface area contributed by atoms with E-state index in [4.69, 9.17) is 0 Å². The minimum Gasteiger partial charge on any atom is -0.325 e. The van der Waals surface area contributed by atoms with Gasteiger partial charge in [-0.3, -0.25) is 9.59 Å². The molecule has 30 heavy (non-hydrogen) atoms. The zero-order chi connectivity index (χ0) is 20.3. The Morgan fingerprint density at radius 1 is 1.10 bits per heavy atom. The topological polar surface area (TPSA) is 70.2 Å². The minimum absolute atomic E-state index is 0. The van der Waals surface area contributed by atoms with Gasteiger partial charge in [-0.15, -0.1) is 12.4 Å². The van der Waals surface area contributed by atoms with Gasteiger partial charge in [0.1, 0.15) is 5.82 Å². The summed E-state index contributed by atoms with van der Waals surface area (Å²) in [7, 11) is 0. The zero-order valence-corrected chi connectivity index (χ0v) is 17.6. The Morgan fingerprint density at radius 3 is 2.70 bits per heavy atom. The van der Waals surface area contributed by atoms with Gasteiger partial charge in [0, 0.05) is 12.2 Å². The predicted octanol–water partition coefficient (Wildman–Crippen LogP) is 4.15. The number of rotatable bonds is 5. The lowest BCUT2D eigenvalue weighted by atomic mass is 9.67. The molecule has 2 aliphatic rings. The first-order valence-corrected chi connectivity index (χ1v) is 10.2. The van der Waals surface area contributed by atoms with Crippen molar-refractivity contribution >= 4 is 35.6 Å². The Kier molecular flexibility index (Phi) is 7.10. The lowest BCUT2D eigenvalue weighted by Crippen LogP contribution is -2.44. The van der Waals surface area contributed by atoms with E-state index in [-0.39, 0.29) is 41.7 Å². The number of benzene rings is 2. The summed E-state index contributed by atoms with van der Waals surface area (Å²) >= 11 is 0. The Hall–Kier alpha value is -2.44. The van der Waals surface area contributed by atoms with E-state index in [1.54, 1.807) is 0 Å². The van der Waals surface area contributed by atoms with Crippen LogP contribution in [0.15, 0.2) is 48.5 Å². The van der Waals surface area contributed by atoms with Gasteiger partial charge in [0.2, 0.25) is 11.8 Å². The normalized spacial score (nSPS) is 22.5. The summed E-state index contributed by atoms with van der Waals surface area (Å²) in [5.74, 6) is -0.493. The molecular formula is C23H27ClFN3O2. The number of carbonyl (C=O) groups is 2. The van der Waals surface area contributed by atoms with Crippen LogP contribution in [0.5, 0.6) is 0 Å². The van der Waals surface area contributed by atoms with Crippen molar-refractivity contribution in [1.82, 2.24) is 5.32 Å². The third-order valence-electron chi connectivity index (χ3n) is 6.20. The highest BCUT2D eigenvalue weighted by Crippen LogP contribution is 2.44. The summed E-state index contributed by atoms with van der Waals surface area (Å²) in [6.45, 7) is 1.56. The van der Waals surface area contributed by atoms with Gasteiger partial charge >= 0.3 is 0 Å². The molecule has 7 heteroatoms. The third-order valence-corrected chi connectivity index (χ3v) is 6.20. The molecule has 2 atom stereocenters. The third kappa shape index (κ3) is 4.65. The van der Waals surface area contributed by atoms with Gasteiger partial charge in [-0.05, 0) is 49.1 Å². The van der Waals surface area contributed by atoms with Gasteiger partial charge in [0.25, 0.3) is 0 Å². The van der Waals surface area contributed by atoms with Crippen LogP contribution in [0, 0.1) is 17.2 Å². The van der Waals surface area contributed by atoms with Gasteiger partial charge in [-0.25, -0.2) is 4.39 Å². The largest absolute Gasteiger partial charge is 0.325 e. The van der Waals surface area contributed by atoms with Crippen LogP contribution >= 0.6 is 12.4 Å². The summed E-state index contributed by atoms with van der Waals surface area (Å²) in [5, 5.41) is 8.95. The average molecular weight is 432 g/mol. The maximum atomic E-state index is 14.2. The van der Waals surface area contributed by atoms with E-state index in [1.165, 1.54) is 18.2 Å². The predicted molar refractivity (Wildman–Crippen MR) is 118 cm³/mol. The van der Waals surface area contributed by atoms with E-state index in [2.05, 4.69) is 16.0 Å². The molecule has 2 fully saturated rings. The molecule has 1 aliphatic carbocycles. The van der Waals surface area contributed by atoms with Crippen LogP contribution in [0.1, 0.15) is 31.2 Å². The number of carbonyl (C=O) groups excluding carboxylic acids is 2. The lowest BCUT2D eigenvalue weighted by molar-refractivity contribution is -0.128. The maximum Gasteiger partial charge on any atom is 0.232 e. The molecule has 0 aromatic heterocycles. The highest BCUT2D eigenvalue weighted by molar-refractivity contribution is 5.98. The van der Waals surface area contributed by atoms with Gasteiger partial charge in [0.15, 0.2) is 0 Å². The fraction of sp³-hybridized carbons (Fsp3) is 0.391. The van der Waals surface area contributed by atoms with Gasteiger partial charge in [0.05, 0.1) is 17.5 Å². The van der Waals surface area contributed by atoms with Crippen LogP contribution in [-0.4, -0.2) is 24.9 Å². The fourth-order valence-corrected chi connectivity index (χ4v) is 4.62. The van der Waals surface area contributed by atoms with Crippen LogP contribution < -0.4 is 16.0 Å². The second-order valence-corrected chi connectivity index (χ2v) is 8.09. The molecule has 1 saturated heterocycles. The standard InChI is InChI=1S/C23H26FN3O2.ClH/c24-19-10-9-18(13-20(19)27-21(28)12-16-6-2-1-3-7-16)26-22(29)23-11-5-4-8-17(23)14-25-15-23;/h1-3,6-7,9-10,13,17,25H,4-5,8,11-12,14-15H2,(H,26,29)(H,27,28);1H/t17-,23+;/m0./s1. The molecule has 1 saturated carbocycles. The van der Waals surface area contributed by atoms with Crippen LogP contribution in [0.4, 0.5) is 15.8 Å². The highest BCUT2D eigenvalue weighted by Gasteiger charge is 2.49. The molecule has 3 N–H and O–H groups in total. The van der Waals surface area contributed by atoms with Crippen molar-refractivity contribution in [3.63, 3.8) is 0 Å². The fourth-order valence-electron chi connectivity index (χ4n) is 4.62. The molecule has 2 amide bonds. The summed E-state index contributed by atoms with van der Waals surface area (Å²) in [5.41, 5.74) is 1.04. The van der Waals surface area contributed by atoms with Crippen molar-refractivity contribution in [1.29, 1.82) is 0 Å². The van der Waals surface area contributed by atoms with E-state index in [0.29, 0.717) is 18.2 Å². The molecule has 2 aromatic rings. The van der Waals surface area contributed by atoms with Crippen LogP contribution in [0.2, 0.25) is 0 Å². The van der Waals surface area contributed by atoms with E-state index < -0.39 is 5.82 Å². The Bertz CT molecular complexity index is 909. The van der Waals surface area contributed by atoms with E-state index in [1.807, 2.05) is 30.3 Å². The van der Waals surface area contributed by atoms with E-state index >= 15 is 0 Å². The van der Waals surface area contributed by atoms with E-state index in [9.17, 15) is 14.0 Å². The number of amides is 2. The molecule has 0 spiro atoms. The Labute approximate surface area is 182 Å². The quantitative estimate of drug-likeness (QED) is 0.666. The number of fused-ring (bicyclic) bond motifs is 1. The molecule has 1 aliphatic heterocycles. The number of hydrogen-bond donors (Lipinski definition) is 3. The number of anilines is 2. The zero-order valence-electron chi connectivity index (χ0n) is 16.7. The van der Waals surface area contributed by atoms with Crippen molar-refractivity contribution in [2.75, 3.05) is 23.7 Å². The van der Waals surface area contributed by atoms with Crippen molar-refractivity contribution in [2.45, 2.75) is 32.1 Å². The molecule has 0 bridgehead atoms. The molecule has 5 nitrogen and oxygen atoms in total. The minimum atomic E-state index is -0.527. The van der Waals surface area contributed by atoms with Crippen LogP contribution in [0.25, 0.3) is 0 Å². The van der Waals surface area contributed by atoms with Crippen molar-refractivity contribution in [3.05, 3.63) is 59.9 Å². The smallest absolute Gasteiger partial charge is 0.232 e. The number of nitrogens with one attached hydrogen (secondary N) is 3. The van der Waals surface area contributed by atoms with Gasteiger partial charge in [-0.1, -0.05) is 43.2 Å². The van der Waals surface area contributed by atoms with E-state index in [0.717, 1.165) is 37.8 Å². The molecule has 0 unspecified atom stereocenters. The molecule has 160 valence electrons. The molecule has 1 heterocycles. The summed E-state index contributed by atoms with van der Waals surface area (Å²) in [6, 6.07) is 13.6. The lowest BCUT2D eigenvalue weighted by Gasteiger charge is -2.37. The summed E-state index contributed by atoms with van der Waals surface area (Å²) in [4.78, 5) is 25.4. The Morgan fingerprint density at radius 2 is 1.90 bits per heavy atom. The van der Waals surface area contributed by atoms with Crippen molar-refractivity contribution in [2.24, 2.45) is 11.3 Å². The molecule has 2 aromatic carbocycles. The van der Waals surface area contributed by atoms with Crippen LogP contribution in [-0.2, 0) is 16.0 Å². The van der Waals surface area contributed by atoms with Crippen molar-refractivity contribution in [3.8, 4) is 0 Å². The highest BCUT2D eigenvalue weighted by atomic mass is 35.5. The molecular weight excluding hydrogens is 405 g/mol. The van der Waals surface area contributed by atoms with Gasteiger partial charge in [-0.2, -0.15) is 0 Å². The van der Waals surface area contributed by atoms with Gasteiger partial charge < -0.3 is 16.0 Å². The summed E-state index contributed by atoms with van der Waals surface area (Å²) in [6.07, 6.45) is 4.31. The number of halogens is 2. The average Bonchev–Trinajstić information content (AvgIpc) is 3.17. The summed E-state index contributed by atoms with van der Waals surface area (Å²) < 4.78 is 14.2. The maximum absolute atomic E-state index is 14.2. The monoisotopic (exact) mass is 431 g/mol. The molecule has 0 radical (unpaired) electrons. The van der Waals surface area contributed by atoms with Crippen molar-refractivity contribution < 1.29 is 14.0 Å².